The minimum atomic E-state index is 0.0569. The van der Waals surface area contributed by atoms with Crippen LogP contribution in [0.4, 0.5) is 0 Å². The Morgan fingerprint density at radius 1 is 1.11 bits per heavy atom. The lowest BCUT2D eigenvalue weighted by atomic mass is 9.89. The number of hydrogen-bond donors (Lipinski definition) is 1. The molecule has 2 heterocycles. The molecule has 3 rings (SSSR count). The van der Waals surface area contributed by atoms with E-state index in [0.29, 0.717) is 6.04 Å². The van der Waals surface area contributed by atoms with Gasteiger partial charge in [-0.25, -0.2) is 0 Å². The molecule has 0 radical (unpaired) electrons. The zero-order valence-corrected chi connectivity index (χ0v) is 12.2. The summed E-state index contributed by atoms with van der Waals surface area (Å²) in [7, 11) is 0. The van der Waals surface area contributed by atoms with E-state index in [-0.39, 0.29) is 5.60 Å². The minimum absolute atomic E-state index is 0.0569. The summed E-state index contributed by atoms with van der Waals surface area (Å²) in [4.78, 5) is 0. The Morgan fingerprint density at radius 3 is 2.79 bits per heavy atom. The highest BCUT2D eigenvalue weighted by Crippen LogP contribution is 2.33. The molecule has 3 heteroatoms. The van der Waals surface area contributed by atoms with Crippen LogP contribution < -0.4 is 5.32 Å². The predicted octanol–water partition coefficient (Wildman–Crippen LogP) is 2.88. The molecule has 2 atom stereocenters. The molecule has 3 nitrogen and oxygen atoms in total. The van der Waals surface area contributed by atoms with Gasteiger partial charge in [0.25, 0.3) is 0 Å². The fourth-order valence-corrected chi connectivity index (χ4v) is 4.06. The van der Waals surface area contributed by atoms with Gasteiger partial charge in [-0.2, -0.15) is 0 Å². The highest BCUT2D eigenvalue weighted by atomic mass is 16.6. The zero-order chi connectivity index (χ0) is 13.0. The van der Waals surface area contributed by atoms with Crippen LogP contribution in [-0.2, 0) is 9.47 Å². The van der Waals surface area contributed by atoms with Gasteiger partial charge in [0.2, 0.25) is 0 Å². The second-order valence-corrected chi connectivity index (χ2v) is 6.77. The van der Waals surface area contributed by atoms with Gasteiger partial charge in [0.05, 0.1) is 12.2 Å². The normalized spacial score (nSPS) is 36.3. The third kappa shape index (κ3) is 3.71. The molecule has 0 amide bonds. The van der Waals surface area contributed by atoms with Crippen molar-refractivity contribution in [3.05, 3.63) is 0 Å². The third-order valence-corrected chi connectivity index (χ3v) is 5.26. The van der Waals surface area contributed by atoms with E-state index in [1.807, 2.05) is 0 Å². The molecule has 0 aromatic carbocycles. The Kier molecular flexibility index (Phi) is 4.78. The molecule has 0 aromatic heterocycles. The van der Waals surface area contributed by atoms with E-state index >= 15 is 0 Å². The van der Waals surface area contributed by atoms with Crippen LogP contribution >= 0.6 is 0 Å². The Hall–Kier alpha value is -0.120. The summed E-state index contributed by atoms with van der Waals surface area (Å²) in [6.07, 6.45) is 12.1. The summed E-state index contributed by atoms with van der Waals surface area (Å²) in [6.45, 7) is 3.80. The highest BCUT2D eigenvalue weighted by Gasteiger charge is 2.40. The van der Waals surface area contributed by atoms with Gasteiger partial charge in [0.15, 0.2) is 0 Å². The molecule has 0 aromatic rings. The largest absolute Gasteiger partial charge is 0.378 e. The molecule has 2 unspecified atom stereocenters. The van der Waals surface area contributed by atoms with Crippen molar-refractivity contribution in [2.24, 2.45) is 5.92 Å². The maximum Gasteiger partial charge on any atom is 0.0951 e. The Morgan fingerprint density at radius 2 is 2.00 bits per heavy atom. The maximum atomic E-state index is 5.98. The molecule has 1 aliphatic carbocycles. The zero-order valence-electron chi connectivity index (χ0n) is 12.2. The van der Waals surface area contributed by atoms with Gasteiger partial charge < -0.3 is 14.8 Å². The third-order valence-electron chi connectivity index (χ3n) is 5.26. The first-order valence-corrected chi connectivity index (χ1v) is 8.31. The fraction of sp³-hybridized carbons (Fsp3) is 1.00. The molecule has 0 bridgehead atoms. The van der Waals surface area contributed by atoms with Crippen molar-refractivity contribution in [3.8, 4) is 0 Å². The summed E-state index contributed by atoms with van der Waals surface area (Å²) in [6, 6.07) is 0.652. The van der Waals surface area contributed by atoms with Crippen molar-refractivity contribution in [1.29, 1.82) is 0 Å². The summed E-state index contributed by atoms with van der Waals surface area (Å²) >= 11 is 0. The number of nitrogens with one attached hydrogen (secondary N) is 1. The van der Waals surface area contributed by atoms with Crippen molar-refractivity contribution in [1.82, 2.24) is 5.32 Å². The standard InChI is InChI=1S/C16H29NO2/c1-2-5-14(4-1)6-3-9-17-15-7-10-19-16(12-15)8-11-18-13-16/h14-15,17H,1-13H2. The molecule has 1 saturated carbocycles. The van der Waals surface area contributed by atoms with Crippen LogP contribution in [0, 0.1) is 5.92 Å². The minimum Gasteiger partial charge on any atom is -0.378 e. The van der Waals surface area contributed by atoms with Crippen molar-refractivity contribution < 1.29 is 9.47 Å². The summed E-state index contributed by atoms with van der Waals surface area (Å²) in [5.74, 6) is 1.03. The number of ether oxygens (including phenoxy) is 2. The van der Waals surface area contributed by atoms with Crippen LogP contribution in [0.1, 0.15) is 57.8 Å². The van der Waals surface area contributed by atoms with Crippen LogP contribution in [-0.4, -0.2) is 38.0 Å². The maximum absolute atomic E-state index is 5.98. The molecule has 1 N–H and O–H groups in total. The van der Waals surface area contributed by atoms with Crippen LogP contribution in [0.2, 0.25) is 0 Å². The van der Waals surface area contributed by atoms with E-state index in [1.165, 1.54) is 51.5 Å². The Bertz CT molecular complexity index is 270. The lowest BCUT2D eigenvalue weighted by molar-refractivity contribution is -0.0892. The second kappa shape index (κ2) is 6.55. The molecule has 19 heavy (non-hydrogen) atoms. The molecule has 2 aliphatic heterocycles. The molecule has 3 aliphatic rings. The van der Waals surface area contributed by atoms with Gasteiger partial charge in [-0.3, -0.25) is 0 Å². The van der Waals surface area contributed by atoms with Crippen LogP contribution in [0.15, 0.2) is 0 Å². The quantitative estimate of drug-likeness (QED) is 0.777. The molecule has 2 saturated heterocycles. The van der Waals surface area contributed by atoms with E-state index in [1.54, 1.807) is 0 Å². The monoisotopic (exact) mass is 267 g/mol. The SMILES string of the molecule is C1CCC(CCCNC2CCOC3(CCOC3)C2)C1. The smallest absolute Gasteiger partial charge is 0.0951 e. The van der Waals surface area contributed by atoms with Crippen LogP contribution in [0.5, 0.6) is 0 Å². The van der Waals surface area contributed by atoms with Crippen molar-refractivity contribution >= 4 is 0 Å². The van der Waals surface area contributed by atoms with E-state index in [4.69, 9.17) is 9.47 Å². The average Bonchev–Trinajstić information content (AvgIpc) is 3.07. The lowest BCUT2D eigenvalue weighted by Gasteiger charge is -2.37. The van der Waals surface area contributed by atoms with Crippen molar-refractivity contribution in [3.63, 3.8) is 0 Å². The predicted molar refractivity (Wildman–Crippen MR) is 76.3 cm³/mol. The van der Waals surface area contributed by atoms with Crippen LogP contribution in [0.25, 0.3) is 0 Å². The second-order valence-electron chi connectivity index (χ2n) is 6.77. The van der Waals surface area contributed by atoms with Gasteiger partial charge in [-0.15, -0.1) is 0 Å². The molecule has 110 valence electrons. The fourth-order valence-electron chi connectivity index (χ4n) is 4.06. The van der Waals surface area contributed by atoms with E-state index in [2.05, 4.69) is 5.32 Å². The Labute approximate surface area is 117 Å². The summed E-state index contributed by atoms with van der Waals surface area (Å²) in [5, 5.41) is 3.76. The highest BCUT2D eigenvalue weighted by molar-refractivity contribution is 4.92. The van der Waals surface area contributed by atoms with E-state index < -0.39 is 0 Å². The topological polar surface area (TPSA) is 30.5 Å². The van der Waals surface area contributed by atoms with E-state index in [9.17, 15) is 0 Å². The molecule has 1 spiro atoms. The molecule has 3 fully saturated rings. The van der Waals surface area contributed by atoms with Gasteiger partial charge in [0, 0.05) is 25.7 Å². The van der Waals surface area contributed by atoms with Crippen LogP contribution in [0.3, 0.4) is 0 Å². The Balaban J connectivity index is 1.33. The summed E-state index contributed by atoms with van der Waals surface area (Å²) < 4.78 is 11.5. The van der Waals surface area contributed by atoms with Gasteiger partial charge in [-0.05, 0) is 38.1 Å². The average molecular weight is 267 g/mol. The lowest BCUT2D eigenvalue weighted by Crippen LogP contribution is -2.47. The van der Waals surface area contributed by atoms with E-state index in [0.717, 1.165) is 38.6 Å². The number of hydrogen-bond acceptors (Lipinski definition) is 3. The van der Waals surface area contributed by atoms with Gasteiger partial charge >= 0.3 is 0 Å². The first kappa shape index (κ1) is 13.8. The van der Waals surface area contributed by atoms with Gasteiger partial charge in [-0.1, -0.05) is 25.7 Å². The number of rotatable bonds is 5. The van der Waals surface area contributed by atoms with Crippen molar-refractivity contribution in [2.75, 3.05) is 26.4 Å². The van der Waals surface area contributed by atoms with Crippen molar-refractivity contribution in [2.45, 2.75) is 69.4 Å². The first-order valence-electron chi connectivity index (χ1n) is 8.31. The molecular formula is C16H29NO2. The molecular weight excluding hydrogens is 238 g/mol. The summed E-state index contributed by atoms with van der Waals surface area (Å²) in [5.41, 5.74) is 0.0569. The van der Waals surface area contributed by atoms with Gasteiger partial charge in [0.1, 0.15) is 0 Å². The first-order chi connectivity index (χ1) is 9.36.